The van der Waals surface area contributed by atoms with E-state index in [1.165, 1.54) is 20.5 Å². The number of fused-ring (bicyclic) bond motifs is 1. The third-order valence-electron chi connectivity index (χ3n) is 5.51. The molecule has 1 aliphatic heterocycles. The molecule has 0 unspecified atom stereocenters. The van der Waals surface area contributed by atoms with Gasteiger partial charge < -0.3 is 35.2 Å². The van der Waals surface area contributed by atoms with Crippen LogP contribution in [0.15, 0.2) is 28.9 Å². The number of nitrogens with zero attached hydrogens (tertiary/aromatic N) is 4. The lowest BCUT2D eigenvalue weighted by Gasteiger charge is -2.35. The smallest absolute Gasteiger partial charge is 0.228 e. The summed E-state index contributed by atoms with van der Waals surface area (Å²) in [5, 5.41) is 0.338. The number of anilines is 2. The van der Waals surface area contributed by atoms with Gasteiger partial charge in [0.05, 0.1) is 26.5 Å². The Morgan fingerprint density at radius 2 is 1.97 bits per heavy atom. The van der Waals surface area contributed by atoms with Gasteiger partial charge >= 0.3 is 0 Å². The zero-order chi connectivity index (χ0) is 22.8. The number of hydrogen-bond acceptors (Lipinski definition) is 9. The Balaban J connectivity index is 0.00000306. The summed E-state index contributed by atoms with van der Waals surface area (Å²) in [7, 11) is 2.77. The van der Waals surface area contributed by atoms with Gasteiger partial charge in [0.2, 0.25) is 11.9 Å². The van der Waals surface area contributed by atoms with Gasteiger partial charge in [-0.15, -0.1) is 12.4 Å². The summed E-state index contributed by atoms with van der Waals surface area (Å²) >= 11 is 0. The molecule has 0 aliphatic carbocycles. The van der Waals surface area contributed by atoms with Crippen LogP contribution in [0.2, 0.25) is 0 Å². The zero-order valence-corrected chi connectivity index (χ0v) is 19.1. The largest absolute Gasteiger partial charge is 0.493 e. The number of benzene rings is 1. The van der Waals surface area contributed by atoms with Gasteiger partial charge in [-0.3, -0.25) is 4.79 Å². The van der Waals surface area contributed by atoms with Crippen molar-refractivity contribution in [3.8, 4) is 11.5 Å². The first-order valence-corrected chi connectivity index (χ1v) is 10.1. The molecule has 0 radical (unpaired) electrons. The molecule has 0 bridgehead atoms. The van der Waals surface area contributed by atoms with E-state index in [1.807, 2.05) is 4.90 Å². The number of carbonyl (C=O) groups is 1. The Kier molecular flexibility index (Phi) is 7.44. The summed E-state index contributed by atoms with van der Waals surface area (Å²) < 4.78 is 30.6. The van der Waals surface area contributed by atoms with Gasteiger partial charge in [0.1, 0.15) is 17.1 Å². The molecule has 1 aliphatic rings. The number of carbonyl (C=O) groups excluding carboxylic acids is 1. The molecule has 1 fully saturated rings. The minimum Gasteiger partial charge on any atom is -0.493 e. The van der Waals surface area contributed by atoms with E-state index in [2.05, 4.69) is 9.97 Å². The van der Waals surface area contributed by atoms with Crippen LogP contribution >= 0.6 is 12.4 Å². The summed E-state index contributed by atoms with van der Waals surface area (Å²) in [5.41, 5.74) is 12.2. The number of hydrogen-bond donors (Lipinski definition) is 2. The molecule has 1 saturated heterocycles. The van der Waals surface area contributed by atoms with Crippen LogP contribution in [0.5, 0.6) is 11.5 Å². The van der Waals surface area contributed by atoms with Crippen LogP contribution < -0.4 is 25.8 Å². The van der Waals surface area contributed by atoms with Crippen LogP contribution in [0.3, 0.4) is 0 Å². The summed E-state index contributed by atoms with van der Waals surface area (Å²) in [6.07, 6.45) is 1.68. The average Bonchev–Trinajstić information content (AvgIpc) is 3.34. The van der Waals surface area contributed by atoms with Crippen LogP contribution in [0.25, 0.3) is 10.9 Å². The third kappa shape index (κ3) is 4.74. The Hall–Kier alpha value is -3.31. The van der Waals surface area contributed by atoms with Gasteiger partial charge in [-0.05, 0) is 18.2 Å². The first kappa shape index (κ1) is 24.3. The number of piperazine rings is 1. The standard InChI is InChI=1S/C21H25FN6O4.ClH/c1-30-15-10-12-18(17(22)19(15)31-2)25-21(26-20(12)24)28-7-5-27(6-8-28)16(29)11-13(23)14-4-3-9-32-14;/h3-4,9-10,13H,5-8,11,23H2,1-2H3,(H2,24,25,26);1H/t13-;/m1./s1. The van der Waals surface area contributed by atoms with Gasteiger partial charge in [-0.25, -0.2) is 9.37 Å². The molecule has 178 valence electrons. The van der Waals surface area contributed by atoms with E-state index in [-0.39, 0.29) is 47.6 Å². The van der Waals surface area contributed by atoms with Crippen molar-refractivity contribution in [1.82, 2.24) is 14.9 Å². The van der Waals surface area contributed by atoms with Crippen molar-refractivity contribution in [3.05, 3.63) is 36.0 Å². The summed E-state index contributed by atoms with van der Waals surface area (Å²) in [5.74, 6) is 0.431. The van der Waals surface area contributed by atoms with Crippen molar-refractivity contribution in [1.29, 1.82) is 0 Å². The first-order valence-electron chi connectivity index (χ1n) is 10.1. The second-order valence-electron chi connectivity index (χ2n) is 7.42. The molecule has 4 rings (SSSR count). The Bertz CT molecular complexity index is 1120. The number of halogens is 2. The quantitative estimate of drug-likeness (QED) is 0.544. The second kappa shape index (κ2) is 10.1. The normalized spacial score (nSPS) is 14.7. The zero-order valence-electron chi connectivity index (χ0n) is 18.3. The van der Waals surface area contributed by atoms with Gasteiger partial charge in [0, 0.05) is 38.0 Å². The number of amides is 1. The van der Waals surface area contributed by atoms with E-state index in [0.717, 1.165) is 0 Å². The molecule has 33 heavy (non-hydrogen) atoms. The molecule has 3 aromatic rings. The maximum absolute atomic E-state index is 15.0. The van der Waals surface area contributed by atoms with E-state index in [4.69, 9.17) is 25.4 Å². The van der Waals surface area contributed by atoms with Crippen molar-refractivity contribution < 1.29 is 23.1 Å². The molecular formula is C21H26ClFN6O4. The molecule has 0 saturated carbocycles. The number of nitrogens with two attached hydrogens (primary N) is 2. The van der Waals surface area contributed by atoms with E-state index in [0.29, 0.717) is 43.3 Å². The van der Waals surface area contributed by atoms with Crippen molar-refractivity contribution in [3.63, 3.8) is 0 Å². The molecule has 1 atom stereocenters. The van der Waals surface area contributed by atoms with Crippen LogP contribution in [0.1, 0.15) is 18.2 Å². The third-order valence-corrected chi connectivity index (χ3v) is 5.51. The van der Waals surface area contributed by atoms with Crippen LogP contribution in [-0.2, 0) is 4.79 Å². The fraction of sp³-hybridized carbons (Fsp3) is 0.381. The molecule has 0 spiro atoms. The Labute approximate surface area is 196 Å². The van der Waals surface area contributed by atoms with Crippen LogP contribution in [0.4, 0.5) is 16.2 Å². The maximum atomic E-state index is 15.0. The fourth-order valence-corrected chi connectivity index (χ4v) is 3.76. The minimum atomic E-state index is -0.669. The molecule has 1 amide bonds. The fourth-order valence-electron chi connectivity index (χ4n) is 3.76. The average molecular weight is 481 g/mol. The Morgan fingerprint density at radius 1 is 1.24 bits per heavy atom. The topological polar surface area (TPSA) is 133 Å². The molecule has 4 N–H and O–H groups in total. The van der Waals surface area contributed by atoms with E-state index >= 15 is 4.39 Å². The number of nitrogen functional groups attached to an aromatic ring is 1. The Morgan fingerprint density at radius 3 is 2.58 bits per heavy atom. The molecular weight excluding hydrogens is 455 g/mol. The number of aromatic nitrogens is 2. The minimum absolute atomic E-state index is 0. The molecule has 3 heterocycles. The van der Waals surface area contributed by atoms with Gasteiger partial charge in [-0.2, -0.15) is 4.98 Å². The van der Waals surface area contributed by atoms with Crippen molar-refractivity contribution >= 4 is 41.0 Å². The highest BCUT2D eigenvalue weighted by molar-refractivity contribution is 5.92. The van der Waals surface area contributed by atoms with E-state index < -0.39 is 11.9 Å². The van der Waals surface area contributed by atoms with Crippen LogP contribution in [0, 0.1) is 5.82 Å². The molecule has 2 aromatic heterocycles. The molecule has 1 aromatic carbocycles. The van der Waals surface area contributed by atoms with Gasteiger partial charge in [0.15, 0.2) is 17.3 Å². The highest BCUT2D eigenvalue weighted by atomic mass is 35.5. The van der Waals surface area contributed by atoms with Crippen molar-refractivity contribution in [2.45, 2.75) is 12.5 Å². The highest BCUT2D eigenvalue weighted by Crippen LogP contribution is 2.37. The first-order chi connectivity index (χ1) is 15.4. The van der Waals surface area contributed by atoms with Gasteiger partial charge in [-0.1, -0.05) is 0 Å². The summed E-state index contributed by atoms with van der Waals surface area (Å²) in [4.78, 5) is 24.9. The van der Waals surface area contributed by atoms with Crippen molar-refractivity contribution in [2.75, 3.05) is 51.0 Å². The molecule has 10 nitrogen and oxygen atoms in total. The molecule has 12 heteroatoms. The lowest BCUT2D eigenvalue weighted by molar-refractivity contribution is -0.132. The van der Waals surface area contributed by atoms with Crippen molar-refractivity contribution in [2.24, 2.45) is 5.73 Å². The maximum Gasteiger partial charge on any atom is 0.228 e. The second-order valence-corrected chi connectivity index (χ2v) is 7.42. The SMILES string of the molecule is COc1cc2c(N)nc(N3CCN(C(=O)C[C@@H](N)c4ccco4)CC3)nc2c(F)c1OC.Cl. The highest BCUT2D eigenvalue weighted by Gasteiger charge is 2.26. The van der Waals surface area contributed by atoms with Gasteiger partial charge in [0.25, 0.3) is 0 Å². The van der Waals surface area contributed by atoms with E-state index in [1.54, 1.807) is 23.1 Å². The van der Waals surface area contributed by atoms with Crippen LogP contribution in [-0.4, -0.2) is 61.2 Å². The lowest BCUT2D eigenvalue weighted by atomic mass is 10.1. The predicted molar refractivity (Wildman–Crippen MR) is 123 cm³/mol. The number of furan rings is 1. The number of methoxy groups -OCH3 is 2. The summed E-state index contributed by atoms with van der Waals surface area (Å²) in [6, 6.07) is 4.55. The summed E-state index contributed by atoms with van der Waals surface area (Å²) in [6.45, 7) is 1.86. The monoisotopic (exact) mass is 480 g/mol. The van der Waals surface area contributed by atoms with E-state index in [9.17, 15) is 4.79 Å². The number of ether oxygens (including phenoxy) is 2. The lowest BCUT2D eigenvalue weighted by Crippen LogP contribution is -2.49. The predicted octanol–water partition coefficient (Wildman–Crippen LogP) is 2.12. The number of rotatable bonds is 6.